The van der Waals surface area contributed by atoms with Gasteiger partial charge in [0.1, 0.15) is 6.54 Å². The van der Waals surface area contributed by atoms with E-state index in [0.29, 0.717) is 12.2 Å². The molecule has 2 aromatic carbocycles. The first-order valence-electron chi connectivity index (χ1n) is 8.60. The molecule has 0 bridgehead atoms. The predicted molar refractivity (Wildman–Crippen MR) is 105 cm³/mol. The molecular formula is C19H21N3O6S. The Morgan fingerprint density at radius 3 is 2.24 bits per heavy atom. The van der Waals surface area contributed by atoms with Crippen LogP contribution in [0, 0.1) is 0 Å². The number of benzene rings is 2. The predicted octanol–water partition coefficient (Wildman–Crippen LogP) is 0.783. The van der Waals surface area contributed by atoms with Crippen LogP contribution in [0.25, 0.3) is 0 Å². The molecule has 0 aliphatic rings. The van der Waals surface area contributed by atoms with Gasteiger partial charge in [0.15, 0.2) is 6.61 Å². The Balaban J connectivity index is 1.75. The second-order valence-electron chi connectivity index (χ2n) is 5.95. The number of hydrogen-bond acceptors (Lipinski definition) is 6. The van der Waals surface area contributed by atoms with E-state index < -0.39 is 35.1 Å². The average Bonchev–Trinajstić information content (AvgIpc) is 2.70. The molecular weight excluding hydrogens is 398 g/mol. The van der Waals surface area contributed by atoms with E-state index in [0.717, 1.165) is 5.56 Å². The van der Waals surface area contributed by atoms with Crippen LogP contribution in [0.4, 0.5) is 5.69 Å². The summed E-state index contributed by atoms with van der Waals surface area (Å²) < 4.78 is 31.2. The molecule has 0 unspecified atom stereocenters. The first-order chi connectivity index (χ1) is 13.8. The van der Waals surface area contributed by atoms with Crippen molar-refractivity contribution in [2.45, 2.75) is 18.4 Å². The van der Waals surface area contributed by atoms with Gasteiger partial charge in [0.25, 0.3) is 5.91 Å². The molecule has 9 nitrogen and oxygen atoms in total. The summed E-state index contributed by atoms with van der Waals surface area (Å²) in [5.41, 5.74) is 1.34. The number of hydrogen-bond donors (Lipinski definition) is 3. The van der Waals surface area contributed by atoms with Gasteiger partial charge in [-0.2, -0.15) is 4.72 Å². The molecule has 0 saturated heterocycles. The first-order valence-corrected chi connectivity index (χ1v) is 10.1. The van der Waals surface area contributed by atoms with Crippen LogP contribution in [0.1, 0.15) is 12.5 Å². The molecule has 0 aliphatic heterocycles. The maximum absolute atomic E-state index is 12.2. The third-order valence-electron chi connectivity index (χ3n) is 3.59. The highest BCUT2D eigenvalue weighted by molar-refractivity contribution is 7.89. The molecule has 0 saturated carbocycles. The van der Waals surface area contributed by atoms with Crippen LogP contribution in [0.3, 0.4) is 0 Å². The van der Waals surface area contributed by atoms with Gasteiger partial charge in [-0.3, -0.25) is 14.4 Å². The molecule has 2 rings (SSSR count). The quantitative estimate of drug-likeness (QED) is 0.515. The number of anilines is 1. The van der Waals surface area contributed by atoms with Crippen molar-refractivity contribution >= 4 is 33.5 Å². The number of nitrogens with one attached hydrogen (secondary N) is 3. The molecule has 2 aromatic rings. The van der Waals surface area contributed by atoms with Gasteiger partial charge in [0.05, 0.1) is 4.90 Å². The molecule has 154 valence electrons. The minimum atomic E-state index is -3.95. The zero-order valence-electron chi connectivity index (χ0n) is 15.7. The lowest BCUT2D eigenvalue weighted by Gasteiger charge is -2.09. The lowest BCUT2D eigenvalue weighted by atomic mass is 10.2. The molecule has 0 radical (unpaired) electrons. The molecule has 0 atom stereocenters. The number of sulfonamides is 1. The average molecular weight is 419 g/mol. The number of ether oxygens (including phenoxy) is 1. The summed E-state index contributed by atoms with van der Waals surface area (Å²) in [4.78, 5) is 34.3. The third kappa shape index (κ3) is 7.72. The van der Waals surface area contributed by atoms with Gasteiger partial charge in [-0.15, -0.1) is 0 Å². The smallest absolute Gasteiger partial charge is 0.321 e. The van der Waals surface area contributed by atoms with E-state index in [1.807, 2.05) is 30.3 Å². The monoisotopic (exact) mass is 419 g/mol. The second kappa shape index (κ2) is 10.3. The van der Waals surface area contributed by atoms with Crippen molar-refractivity contribution in [2.75, 3.05) is 18.5 Å². The molecule has 0 aliphatic carbocycles. The van der Waals surface area contributed by atoms with E-state index in [9.17, 15) is 22.8 Å². The molecule has 0 heterocycles. The van der Waals surface area contributed by atoms with Crippen LogP contribution in [-0.2, 0) is 35.7 Å². The molecule has 10 heteroatoms. The molecule has 29 heavy (non-hydrogen) atoms. The minimum absolute atomic E-state index is 0.0833. The van der Waals surface area contributed by atoms with Gasteiger partial charge in [0, 0.05) is 19.2 Å². The topological polar surface area (TPSA) is 131 Å². The molecule has 0 spiro atoms. The van der Waals surface area contributed by atoms with Crippen LogP contribution in [0.5, 0.6) is 0 Å². The van der Waals surface area contributed by atoms with Gasteiger partial charge in [-0.05, 0) is 29.8 Å². The maximum atomic E-state index is 12.2. The van der Waals surface area contributed by atoms with E-state index >= 15 is 0 Å². The number of rotatable bonds is 9. The second-order valence-corrected chi connectivity index (χ2v) is 7.72. The van der Waals surface area contributed by atoms with Crippen LogP contribution >= 0.6 is 0 Å². The fourth-order valence-corrected chi connectivity index (χ4v) is 3.17. The molecule has 0 aromatic heterocycles. The highest BCUT2D eigenvalue weighted by Gasteiger charge is 2.16. The highest BCUT2D eigenvalue weighted by atomic mass is 32.2. The number of esters is 1. The minimum Gasteiger partial charge on any atom is -0.455 e. The Hall–Kier alpha value is -3.24. The summed E-state index contributed by atoms with van der Waals surface area (Å²) in [6.45, 7) is 0.485. The number of carbonyl (C=O) groups is 3. The number of carbonyl (C=O) groups excluding carboxylic acids is 3. The summed E-state index contributed by atoms with van der Waals surface area (Å²) >= 11 is 0. The van der Waals surface area contributed by atoms with E-state index in [-0.39, 0.29) is 10.8 Å². The Bertz CT molecular complexity index is 959. The highest BCUT2D eigenvalue weighted by Crippen LogP contribution is 2.13. The standard InChI is InChI=1S/C19H21N3O6S/c1-14(23)22-16-7-9-17(10-8-16)29(26,27)21-12-19(25)28-13-18(24)20-11-15-5-3-2-4-6-15/h2-10,21H,11-13H2,1H3,(H,20,24)(H,22,23). The van der Waals surface area contributed by atoms with E-state index in [4.69, 9.17) is 4.74 Å². The van der Waals surface area contributed by atoms with E-state index in [1.54, 1.807) is 0 Å². The Kier molecular flexibility index (Phi) is 7.87. The zero-order chi connectivity index (χ0) is 21.3. The van der Waals surface area contributed by atoms with Gasteiger partial charge >= 0.3 is 5.97 Å². The van der Waals surface area contributed by atoms with Gasteiger partial charge in [-0.25, -0.2) is 8.42 Å². The van der Waals surface area contributed by atoms with E-state index in [1.165, 1.54) is 31.2 Å². The van der Waals surface area contributed by atoms with Crippen molar-refractivity contribution < 1.29 is 27.5 Å². The summed E-state index contributed by atoms with van der Waals surface area (Å²) in [6.07, 6.45) is 0. The molecule has 0 fully saturated rings. The zero-order valence-corrected chi connectivity index (χ0v) is 16.5. The fraction of sp³-hybridized carbons (Fsp3) is 0.211. The van der Waals surface area contributed by atoms with Crippen LogP contribution in [0.15, 0.2) is 59.5 Å². The van der Waals surface area contributed by atoms with Gasteiger partial charge < -0.3 is 15.4 Å². The lowest BCUT2D eigenvalue weighted by Crippen LogP contribution is -2.33. The maximum Gasteiger partial charge on any atom is 0.321 e. The SMILES string of the molecule is CC(=O)Nc1ccc(S(=O)(=O)NCC(=O)OCC(=O)NCc2ccccc2)cc1. The summed E-state index contributed by atoms with van der Waals surface area (Å²) in [5.74, 6) is -1.67. The van der Waals surface area contributed by atoms with Gasteiger partial charge in [-0.1, -0.05) is 30.3 Å². The molecule has 2 amide bonds. The largest absolute Gasteiger partial charge is 0.455 e. The normalized spacial score (nSPS) is 10.8. The Morgan fingerprint density at radius 2 is 1.62 bits per heavy atom. The summed E-state index contributed by atoms with van der Waals surface area (Å²) in [7, 11) is -3.95. The Labute approximate surface area is 168 Å². The lowest BCUT2D eigenvalue weighted by molar-refractivity contribution is -0.147. The van der Waals surface area contributed by atoms with Crippen molar-refractivity contribution in [2.24, 2.45) is 0 Å². The Morgan fingerprint density at radius 1 is 0.966 bits per heavy atom. The third-order valence-corrected chi connectivity index (χ3v) is 5.01. The number of amides is 2. The van der Waals surface area contributed by atoms with Crippen molar-refractivity contribution in [3.8, 4) is 0 Å². The fourth-order valence-electron chi connectivity index (χ4n) is 2.20. The van der Waals surface area contributed by atoms with E-state index in [2.05, 4.69) is 15.4 Å². The summed E-state index contributed by atoms with van der Waals surface area (Å²) in [6, 6.07) is 14.6. The van der Waals surface area contributed by atoms with Crippen LogP contribution in [-0.4, -0.2) is 39.4 Å². The van der Waals surface area contributed by atoms with Crippen LogP contribution < -0.4 is 15.4 Å². The summed E-state index contributed by atoms with van der Waals surface area (Å²) in [5, 5.41) is 5.10. The van der Waals surface area contributed by atoms with Crippen molar-refractivity contribution in [1.29, 1.82) is 0 Å². The van der Waals surface area contributed by atoms with Crippen molar-refractivity contribution in [3.63, 3.8) is 0 Å². The first kappa shape index (κ1) is 22.1. The van der Waals surface area contributed by atoms with Crippen molar-refractivity contribution in [1.82, 2.24) is 10.0 Å². The van der Waals surface area contributed by atoms with Crippen LogP contribution in [0.2, 0.25) is 0 Å². The molecule has 3 N–H and O–H groups in total. The van der Waals surface area contributed by atoms with Crippen molar-refractivity contribution in [3.05, 3.63) is 60.2 Å². The van der Waals surface area contributed by atoms with Gasteiger partial charge in [0.2, 0.25) is 15.9 Å².